The molecule has 2 N–H and O–H groups in total. The van der Waals surface area contributed by atoms with Crippen LogP contribution in [0.4, 0.5) is 0 Å². The van der Waals surface area contributed by atoms with Gasteiger partial charge in [0.05, 0.1) is 6.10 Å². The first-order valence-electron chi connectivity index (χ1n) is 7.47. The molecule has 1 aromatic carbocycles. The van der Waals surface area contributed by atoms with Gasteiger partial charge in [0.1, 0.15) is 5.75 Å². The molecule has 2 rings (SSSR count). The summed E-state index contributed by atoms with van der Waals surface area (Å²) < 4.78 is 6.02. The van der Waals surface area contributed by atoms with Crippen LogP contribution in [0.1, 0.15) is 37.8 Å². The molecule has 0 saturated carbocycles. The molecule has 0 fully saturated rings. The lowest BCUT2D eigenvalue weighted by molar-refractivity contribution is 0.215. The molecule has 0 spiro atoms. The lowest BCUT2D eigenvalue weighted by Gasteiger charge is -2.19. The summed E-state index contributed by atoms with van der Waals surface area (Å²) >= 11 is 0. The fourth-order valence-corrected chi connectivity index (χ4v) is 2.05. The van der Waals surface area contributed by atoms with E-state index in [-0.39, 0.29) is 30.1 Å². The zero-order valence-corrected chi connectivity index (χ0v) is 15.4. The van der Waals surface area contributed by atoms with Gasteiger partial charge in [-0.2, -0.15) is 0 Å². The highest BCUT2D eigenvalue weighted by molar-refractivity contribution is 14.0. The lowest BCUT2D eigenvalue weighted by Crippen LogP contribution is -2.40. The first kappa shape index (κ1) is 18.1. The molecule has 0 aromatic heterocycles. The number of halogens is 1. The smallest absolute Gasteiger partial charge is 0.191 e. The van der Waals surface area contributed by atoms with Crippen molar-refractivity contribution >= 4 is 29.9 Å². The maximum atomic E-state index is 6.02. The van der Waals surface area contributed by atoms with Crippen molar-refractivity contribution in [3.8, 4) is 5.75 Å². The van der Waals surface area contributed by atoms with E-state index in [0.29, 0.717) is 0 Å². The van der Waals surface area contributed by atoms with E-state index in [2.05, 4.69) is 54.6 Å². The second-order valence-electron chi connectivity index (χ2n) is 5.31. The van der Waals surface area contributed by atoms with Crippen molar-refractivity contribution in [1.82, 2.24) is 10.6 Å². The molecule has 1 unspecified atom stereocenters. The molecule has 4 nitrogen and oxygen atoms in total. The first-order chi connectivity index (χ1) is 9.69. The number of aliphatic imine (C=N–C) groups is 1. The van der Waals surface area contributed by atoms with E-state index < -0.39 is 0 Å². The van der Waals surface area contributed by atoms with Crippen LogP contribution in [-0.4, -0.2) is 25.2 Å². The number of nitrogens with zero attached hydrogens (tertiary/aromatic N) is 1. The van der Waals surface area contributed by atoms with E-state index in [1.165, 1.54) is 11.1 Å². The van der Waals surface area contributed by atoms with Crippen molar-refractivity contribution in [2.45, 2.75) is 46.3 Å². The van der Waals surface area contributed by atoms with Gasteiger partial charge in [0.25, 0.3) is 0 Å². The molecule has 1 aromatic rings. The quantitative estimate of drug-likeness (QED) is 0.743. The summed E-state index contributed by atoms with van der Waals surface area (Å²) in [5.41, 5.74) is 2.39. The van der Waals surface area contributed by atoms with Crippen molar-refractivity contribution in [3.63, 3.8) is 0 Å². The third-order valence-corrected chi connectivity index (χ3v) is 3.47. The van der Waals surface area contributed by atoms with Gasteiger partial charge in [-0.05, 0) is 38.3 Å². The zero-order chi connectivity index (χ0) is 14.4. The van der Waals surface area contributed by atoms with Crippen LogP contribution < -0.4 is 15.4 Å². The van der Waals surface area contributed by atoms with Gasteiger partial charge in [0.15, 0.2) is 5.96 Å². The van der Waals surface area contributed by atoms with Crippen molar-refractivity contribution in [3.05, 3.63) is 29.3 Å². The van der Waals surface area contributed by atoms with Gasteiger partial charge in [-0.15, -0.1) is 24.0 Å². The summed E-state index contributed by atoms with van der Waals surface area (Å²) in [6.07, 6.45) is 2.35. The molecule has 0 bridgehead atoms. The molecule has 5 heteroatoms. The van der Waals surface area contributed by atoms with Crippen LogP contribution in [0.25, 0.3) is 0 Å². The fraction of sp³-hybridized carbons (Fsp3) is 0.562. The third-order valence-electron chi connectivity index (χ3n) is 3.47. The summed E-state index contributed by atoms with van der Waals surface area (Å²) in [6, 6.07) is 6.36. The summed E-state index contributed by atoms with van der Waals surface area (Å²) in [6.45, 7) is 8.96. The van der Waals surface area contributed by atoms with Crippen LogP contribution in [0.15, 0.2) is 23.2 Å². The Morgan fingerprint density at radius 3 is 2.90 bits per heavy atom. The molecule has 118 valence electrons. The highest BCUT2D eigenvalue weighted by atomic mass is 127. The number of nitrogens with one attached hydrogen (secondary N) is 2. The molecular weight excluding hydrogens is 377 g/mol. The fourth-order valence-electron chi connectivity index (χ4n) is 2.05. The minimum absolute atomic E-state index is 0. The predicted octanol–water partition coefficient (Wildman–Crippen LogP) is 3.23. The molecule has 21 heavy (non-hydrogen) atoms. The van der Waals surface area contributed by atoms with Crippen LogP contribution in [0, 0.1) is 6.92 Å². The second kappa shape index (κ2) is 9.12. The van der Waals surface area contributed by atoms with Crippen LogP contribution in [-0.2, 0) is 6.54 Å². The summed E-state index contributed by atoms with van der Waals surface area (Å²) in [7, 11) is 0. The van der Waals surface area contributed by atoms with Gasteiger partial charge >= 0.3 is 0 Å². The second-order valence-corrected chi connectivity index (χ2v) is 5.31. The Balaban J connectivity index is 0.00000220. The first-order valence-corrected chi connectivity index (χ1v) is 7.47. The predicted molar refractivity (Wildman–Crippen MR) is 98.7 cm³/mol. The molecule has 0 radical (unpaired) electrons. The van der Waals surface area contributed by atoms with E-state index in [9.17, 15) is 0 Å². The topological polar surface area (TPSA) is 45.6 Å². The number of hydrogen-bond donors (Lipinski definition) is 2. The average molecular weight is 403 g/mol. The number of ether oxygens (including phenoxy) is 1. The van der Waals surface area contributed by atoms with Crippen LogP contribution in [0.5, 0.6) is 5.75 Å². The van der Waals surface area contributed by atoms with E-state index in [4.69, 9.17) is 4.74 Å². The Labute approximate surface area is 144 Å². The van der Waals surface area contributed by atoms with Crippen molar-refractivity contribution in [2.24, 2.45) is 4.99 Å². The van der Waals surface area contributed by atoms with Crippen molar-refractivity contribution < 1.29 is 4.74 Å². The van der Waals surface area contributed by atoms with Gasteiger partial charge in [-0.1, -0.05) is 19.1 Å². The van der Waals surface area contributed by atoms with Gasteiger partial charge in [0, 0.05) is 25.2 Å². The van der Waals surface area contributed by atoms with Crippen molar-refractivity contribution in [1.29, 1.82) is 0 Å². The maximum absolute atomic E-state index is 6.02. The van der Waals surface area contributed by atoms with E-state index in [1.807, 2.05) is 0 Å². The number of rotatable bonds is 5. The molecule has 0 saturated heterocycles. The summed E-state index contributed by atoms with van der Waals surface area (Å²) in [4.78, 5) is 4.42. The largest absolute Gasteiger partial charge is 0.490 e. The van der Waals surface area contributed by atoms with Crippen molar-refractivity contribution in [2.75, 3.05) is 13.1 Å². The summed E-state index contributed by atoms with van der Waals surface area (Å²) in [5.74, 6) is 1.87. The monoisotopic (exact) mass is 403 g/mol. The van der Waals surface area contributed by atoms with Gasteiger partial charge < -0.3 is 15.4 Å². The van der Waals surface area contributed by atoms with E-state index in [0.717, 1.165) is 44.2 Å². The van der Waals surface area contributed by atoms with Crippen LogP contribution in [0.3, 0.4) is 0 Å². The molecule has 1 atom stereocenters. The van der Waals surface area contributed by atoms with Gasteiger partial charge in [-0.25, -0.2) is 0 Å². The third kappa shape index (κ3) is 5.73. The normalized spacial score (nSPS) is 15.3. The number of guanidine groups is 1. The Bertz CT molecular complexity index is 477. The number of aryl methyl sites for hydroxylation is 1. The molecule has 0 amide bonds. The SMILES string of the molecule is CCC(C)Oc1cc(C)ccc1CNC1=NCCCN1.I. The Kier molecular flexibility index (Phi) is 7.85. The minimum Gasteiger partial charge on any atom is -0.490 e. The molecule has 1 heterocycles. The standard InChI is InChI=1S/C16H25N3O.HI/c1-4-13(3)20-15-10-12(2)6-7-14(15)11-19-16-17-8-5-9-18-16;/h6-7,10,13H,4-5,8-9,11H2,1-3H3,(H2,17,18,19);1H. The Morgan fingerprint density at radius 1 is 1.43 bits per heavy atom. The van der Waals surface area contributed by atoms with E-state index >= 15 is 0 Å². The number of hydrogen-bond acceptors (Lipinski definition) is 4. The number of benzene rings is 1. The maximum Gasteiger partial charge on any atom is 0.191 e. The van der Waals surface area contributed by atoms with Crippen LogP contribution in [0.2, 0.25) is 0 Å². The highest BCUT2D eigenvalue weighted by Crippen LogP contribution is 2.22. The minimum atomic E-state index is 0. The van der Waals surface area contributed by atoms with Crippen LogP contribution >= 0.6 is 24.0 Å². The Morgan fingerprint density at radius 2 is 2.24 bits per heavy atom. The molecule has 1 aliphatic heterocycles. The zero-order valence-electron chi connectivity index (χ0n) is 13.1. The van der Waals surface area contributed by atoms with Gasteiger partial charge in [0.2, 0.25) is 0 Å². The summed E-state index contributed by atoms with van der Waals surface area (Å²) in [5, 5.41) is 6.62. The highest BCUT2D eigenvalue weighted by Gasteiger charge is 2.09. The van der Waals surface area contributed by atoms with E-state index in [1.54, 1.807) is 0 Å². The molecule has 0 aliphatic carbocycles. The molecular formula is C16H26IN3O. The Hall–Kier alpha value is -0.980. The lowest BCUT2D eigenvalue weighted by atomic mass is 10.1. The average Bonchev–Trinajstić information content (AvgIpc) is 2.47. The van der Waals surface area contributed by atoms with Gasteiger partial charge in [-0.3, -0.25) is 4.99 Å². The molecule has 1 aliphatic rings.